The second kappa shape index (κ2) is 18.1. The van der Waals surface area contributed by atoms with Crippen LogP contribution in [-0.4, -0.2) is 60.6 Å². The fourth-order valence-corrected chi connectivity index (χ4v) is 5.97. The molecule has 7 nitrogen and oxygen atoms in total. The van der Waals surface area contributed by atoms with E-state index in [9.17, 15) is 4.79 Å². The maximum absolute atomic E-state index is 11.3. The molecule has 0 aromatic carbocycles. The number of carbonyl (C=O) groups is 1. The van der Waals surface area contributed by atoms with E-state index in [-0.39, 0.29) is 31.2 Å². The van der Waals surface area contributed by atoms with Gasteiger partial charge in [0.15, 0.2) is 0 Å². The topological polar surface area (TPSA) is 95.6 Å². The van der Waals surface area contributed by atoms with Crippen molar-refractivity contribution in [1.82, 2.24) is 4.98 Å². The molecule has 2 aliphatic carbocycles. The monoisotopic (exact) mass is 608 g/mol. The van der Waals surface area contributed by atoms with Crippen molar-refractivity contribution in [1.29, 1.82) is 0 Å². The molecule has 1 aliphatic heterocycles. The Morgan fingerprint density at radius 1 is 0.946 bits per heavy atom. The number of carbonyl (C=O) groups excluding carboxylic acids is 1. The van der Waals surface area contributed by atoms with Crippen LogP contribution in [0.5, 0.6) is 0 Å². The summed E-state index contributed by atoms with van der Waals surface area (Å²) in [5, 5.41) is 20.2. The molecule has 209 valence electrons. The minimum absolute atomic E-state index is 0.00694. The molecule has 2 saturated carbocycles. The fourth-order valence-electron chi connectivity index (χ4n) is 5.13. The summed E-state index contributed by atoms with van der Waals surface area (Å²) in [5.74, 6) is 0.302. The number of halogens is 2. The van der Waals surface area contributed by atoms with Crippen molar-refractivity contribution in [3.05, 3.63) is 57.4 Å². The third-order valence-corrected chi connectivity index (χ3v) is 7.80. The molecule has 11 heteroatoms. The molecule has 4 atom stereocenters. The Hall–Kier alpha value is -0.351. The molecule has 0 saturated heterocycles. The van der Waals surface area contributed by atoms with Crippen LogP contribution in [-0.2, 0) is 35.8 Å². The number of esters is 1. The van der Waals surface area contributed by atoms with Gasteiger partial charge in [-0.1, -0.05) is 57.9 Å². The van der Waals surface area contributed by atoms with Crippen molar-refractivity contribution >= 4 is 37.9 Å². The minimum atomic E-state index is -0.383. The Morgan fingerprint density at radius 2 is 1.41 bits per heavy atom. The first-order valence-electron chi connectivity index (χ1n) is 13.1. The van der Waals surface area contributed by atoms with Crippen molar-refractivity contribution in [3.8, 4) is 0 Å². The van der Waals surface area contributed by atoms with Gasteiger partial charge >= 0.3 is 39.3 Å². The standard InChI is InChI=1S/C26H37N5O2S.2ClH.Mn/c1-2-26(32)33-13-14-34-21-15-19-17-29-24-9-5-3-7-22(24)27-11-12-28-23-8-4-6-10-25(23)30-18-20(16-21)31-19;;;/h2,15-16,22-25H,1,3-14,17-18H2;2*1H;/q-4;;;+2/p-2/t22-,23?,24-,25?;;;/m1.../s1. The molecule has 2 bridgehead atoms. The summed E-state index contributed by atoms with van der Waals surface area (Å²) >= 11 is 1.68. The summed E-state index contributed by atoms with van der Waals surface area (Å²) in [5.41, 5.74) is 1.98. The first-order valence-corrected chi connectivity index (χ1v) is 17.3. The Morgan fingerprint density at radius 3 is 1.86 bits per heavy atom. The van der Waals surface area contributed by atoms with E-state index in [1.54, 1.807) is 11.8 Å². The second-order valence-corrected chi connectivity index (χ2v) is 12.5. The molecule has 4 rings (SSSR count). The van der Waals surface area contributed by atoms with Crippen LogP contribution in [0.2, 0.25) is 0 Å². The number of thioether (sulfide) groups is 1. The molecule has 2 fully saturated rings. The van der Waals surface area contributed by atoms with Crippen LogP contribution in [0.4, 0.5) is 0 Å². The van der Waals surface area contributed by atoms with Gasteiger partial charge in [0.1, 0.15) is 6.61 Å². The Bertz CT molecular complexity index is 792. The number of ether oxygens (including phenoxy) is 1. The SMILES string of the molecule is C=CC(=O)OCCSc1cc2nc(c1)C[N-][C@@H]1CCCC[C@H]1[N-]CC[N-]C1CCCCC1[N-]C2.[Cl][Mn][Cl]. The van der Waals surface area contributed by atoms with Crippen molar-refractivity contribution < 1.29 is 22.7 Å². The van der Waals surface area contributed by atoms with Crippen molar-refractivity contribution in [2.24, 2.45) is 0 Å². The zero-order valence-corrected chi connectivity index (χ0v) is 24.8. The predicted molar refractivity (Wildman–Crippen MR) is 150 cm³/mol. The quantitative estimate of drug-likeness (QED) is 0.114. The number of nitrogens with zero attached hydrogens (tertiary/aromatic N) is 5. The van der Waals surface area contributed by atoms with Crippen molar-refractivity contribution in [3.63, 3.8) is 0 Å². The number of rotatable bonds is 5. The number of fused-ring (bicyclic) bond motifs is 4. The summed E-state index contributed by atoms with van der Waals surface area (Å²) in [6.07, 6.45) is 10.6. The molecular formula is C26H37Cl2MnN5O2S-4. The maximum atomic E-state index is 11.3. The predicted octanol–water partition coefficient (Wildman–Crippen LogP) is 7.41. The third kappa shape index (κ3) is 11.3. The Labute approximate surface area is 241 Å². The molecule has 37 heavy (non-hydrogen) atoms. The van der Waals surface area contributed by atoms with Gasteiger partial charge in [0.2, 0.25) is 0 Å². The van der Waals surface area contributed by atoms with Gasteiger partial charge in [0, 0.05) is 28.1 Å². The fraction of sp³-hybridized carbons (Fsp3) is 0.692. The third-order valence-electron chi connectivity index (χ3n) is 6.86. The van der Waals surface area contributed by atoms with Gasteiger partial charge in [-0.25, -0.2) is 4.79 Å². The molecule has 1 aromatic rings. The number of hydrogen-bond donors (Lipinski definition) is 0. The van der Waals surface area contributed by atoms with E-state index in [4.69, 9.17) is 51.2 Å². The van der Waals surface area contributed by atoms with Gasteiger partial charge in [-0.3, -0.25) is 4.98 Å². The van der Waals surface area contributed by atoms with Gasteiger partial charge < -0.3 is 26.0 Å². The number of hydrogen-bond acceptors (Lipinski definition) is 4. The van der Waals surface area contributed by atoms with E-state index in [2.05, 4.69) is 18.7 Å². The van der Waals surface area contributed by atoms with Crippen LogP contribution >= 0.6 is 32.0 Å². The zero-order valence-electron chi connectivity index (χ0n) is 21.2. The molecule has 3 aliphatic rings. The Kier molecular flexibility index (Phi) is 15.2. The summed E-state index contributed by atoms with van der Waals surface area (Å²) in [7, 11) is 9.59. The van der Waals surface area contributed by atoms with E-state index in [0.29, 0.717) is 37.5 Å². The summed E-state index contributed by atoms with van der Waals surface area (Å²) < 4.78 is 5.13. The van der Waals surface area contributed by atoms with E-state index in [1.807, 2.05) is 0 Å². The first-order chi connectivity index (χ1) is 18.1. The first kappa shape index (κ1) is 31.2. The van der Waals surface area contributed by atoms with Gasteiger partial charge in [0.05, 0.1) is 0 Å². The Balaban J connectivity index is 0.00000121. The van der Waals surface area contributed by atoms with Crippen LogP contribution in [0, 0.1) is 0 Å². The zero-order chi connectivity index (χ0) is 26.3. The molecule has 2 unspecified atom stereocenters. The van der Waals surface area contributed by atoms with E-state index < -0.39 is 0 Å². The molecule has 1 aromatic heterocycles. The van der Waals surface area contributed by atoms with Gasteiger partial charge in [-0.05, 0) is 12.1 Å². The van der Waals surface area contributed by atoms with Crippen molar-refractivity contribution in [2.45, 2.75) is 93.5 Å². The normalized spacial score (nSPS) is 26.6. The molecule has 0 amide bonds. The summed E-state index contributed by atoms with van der Waals surface area (Å²) in [4.78, 5) is 17.4. The molecular weight excluding hydrogens is 572 g/mol. The number of aromatic nitrogens is 1. The van der Waals surface area contributed by atoms with Gasteiger partial charge in [0.25, 0.3) is 0 Å². The summed E-state index contributed by atoms with van der Waals surface area (Å²) in [6.45, 7) is 6.64. The average molecular weight is 610 g/mol. The van der Waals surface area contributed by atoms with Crippen molar-refractivity contribution in [2.75, 3.05) is 25.4 Å². The molecule has 2 heterocycles. The second-order valence-electron chi connectivity index (χ2n) is 9.39. The van der Waals surface area contributed by atoms with Gasteiger partial charge in [-0.2, -0.15) is 37.3 Å². The van der Waals surface area contributed by atoms with Crippen LogP contribution < -0.4 is 0 Å². The van der Waals surface area contributed by atoms with E-state index in [0.717, 1.165) is 55.1 Å². The van der Waals surface area contributed by atoms with Crippen LogP contribution in [0.1, 0.15) is 62.8 Å². The van der Waals surface area contributed by atoms with Crippen LogP contribution in [0.15, 0.2) is 29.7 Å². The van der Waals surface area contributed by atoms with E-state index in [1.165, 1.54) is 31.8 Å². The molecule has 0 N–H and O–H groups in total. The van der Waals surface area contributed by atoms with Crippen LogP contribution in [0.25, 0.3) is 21.3 Å². The molecule has 0 spiro atoms. The van der Waals surface area contributed by atoms with E-state index >= 15 is 0 Å². The van der Waals surface area contributed by atoms with Crippen LogP contribution in [0.3, 0.4) is 0 Å². The summed E-state index contributed by atoms with van der Waals surface area (Å²) in [6, 6.07) is 5.45. The number of pyridine rings is 1. The average Bonchev–Trinajstić information content (AvgIpc) is 2.92. The molecule has 0 radical (unpaired) electrons. The van der Waals surface area contributed by atoms with Gasteiger partial charge in [-0.15, -0.1) is 24.9 Å².